The van der Waals surface area contributed by atoms with Crippen LogP contribution in [-0.2, 0) is 13.0 Å². The molecule has 3 heterocycles. The van der Waals surface area contributed by atoms with Crippen LogP contribution in [0.25, 0.3) is 0 Å². The minimum absolute atomic E-state index is 0.124. The average Bonchev–Trinajstić information content (AvgIpc) is 3.32. The van der Waals surface area contributed by atoms with Gasteiger partial charge in [-0.1, -0.05) is 10.6 Å². The molecule has 2 amide bonds. The Morgan fingerprint density at radius 3 is 2.88 bits per heavy atom. The fourth-order valence-electron chi connectivity index (χ4n) is 2.99. The van der Waals surface area contributed by atoms with Crippen LogP contribution in [0.3, 0.4) is 0 Å². The molecule has 1 aliphatic rings. The van der Waals surface area contributed by atoms with E-state index in [9.17, 15) is 9.59 Å². The summed E-state index contributed by atoms with van der Waals surface area (Å²) in [6.07, 6.45) is 2.27. The Bertz CT molecular complexity index is 965. The predicted octanol–water partition coefficient (Wildman–Crippen LogP) is 2.89. The summed E-state index contributed by atoms with van der Waals surface area (Å²) in [5.41, 5.74) is 3.50. The molecule has 0 aliphatic carbocycles. The van der Waals surface area contributed by atoms with Gasteiger partial charge in [0.25, 0.3) is 11.8 Å². The number of nitrogens with zero attached hydrogens (tertiary/aromatic N) is 3. The van der Waals surface area contributed by atoms with Gasteiger partial charge in [-0.25, -0.2) is 0 Å². The predicted molar refractivity (Wildman–Crippen MR) is 96.2 cm³/mol. The Labute approximate surface area is 153 Å². The van der Waals surface area contributed by atoms with Crippen LogP contribution in [0, 0.1) is 6.92 Å². The molecule has 1 aliphatic heterocycles. The number of benzene rings is 1. The SMILES string of the molecule is Cc1nnsc1C(=O)Nc1ccc2c(c1)CN(C(=O)c1ccco1)CC2. The minimum atomic E-state index is -0.225. The number of rotatable bonds is 3. The maximum Gasteiger partial charge on any atom is 0.289 e. The number of carbonyl (C=O) groups excluding carboxylic acids is 2. The number of hydrogen-bond donors (Lipinski definition) is 1. The lowest BCUT2D eigenvalue weighted by Crippen LogP contribution is -2.35. The fourth-order valence-corrected chi connectivity index (χ4v) is 3.54. The zero-order chi connectivity index (χ0) is 18.1. The summed E-state index contributed by atoms with van der Waals surface area (Å²) in [7, 11) is 0. The van der Waals surface area contributed by atoms with Crippen molar-refractivity contribution in [3.05, 3.63) is 64.1 Å². The van der Waals surface area contributed by atoms with E-state index in [0.717, 1.165) is 23.5 Å². The highest BCUT2D eigenvalue weighted by Gasteiger charge is 2.24. The van der Waals surface area contributed by atoms with Crippen molar-refractivity contribution < 1.29 is 14.0 Å². The van der Waals surface area contributed by atoms with Crippen LogP contribution in [0.2, 0.25) is 0 Å². The van der Waals surface area contributed by atoms with Gasteiger partial charge in [0.2, 0.25) is 0 Å². The average molecular weight is 368 g/mol. The van der Waals surface area contributed by atoms with Crippen LogP contribution in [-0.4, -0.2) is 32.8 Å². The molecule has 1 N–H and O–H groups in total. The van der Waals surface area contributed by atoms with Gasteiger partial charge in [0, 0.05) is 18.8 Å². The van der Waals surface area contributed by atoms with Gasteiger partial charge in [-0.3, -0.25) is 9.59 Å². The summed E-state index contributed by atoms with van der Waals surface area (Å²) in [6, 6.07) is 9.16. The number of anilines is 1. The second-order valence-electron chi connectivity index (χ2n) is 6.08. The normalized spacial score (nSPS) is 13.3. The highest BCUT2D eigenvalue weighted by molar-refractivity contribution is 7.08. The molecule has 0 saturated carbocycles. The van der Waals surface area contributed by atoms with Crippen LogP contribution in [0.4, 0.5) is 5.69 Å². The van der Waals surface area contributed by atoms with Crippen molar-refractivity contribution in [2.75, 3.05) is 11.9 Å². The topological polar surface area (TPSA) is 88.3 Å². The first-order valence-corrected chi connectivity index (χ1v) is 8.94. The molecule has 8 heteroatoms. The summed E-state index contributed by atoms with van der Waals surface area (Å²) >= 11 is 1.07. The number of fused-ring (bicyclic) bond motifs is 1. The van der Waals surface area contributed by atoms with Crippen molar-refractivity contribution in [3.63, 3.8) is 0 Å². The molecule has 132 valence electrons. The molecule has 3 aromatic rings. The van der Waals surface area contributed by atoms with Crippen LogP contribution in [0.15, 0.2) is 41.0 Å². The van der Waals surface area contributed by atoms with Gasteiger partial charge in [0.15, 0.2) is 5.76 Å². The Morgan fingerprint density at radius 2 is 2.15 bits per heavy atom. The molecular formula is C18H16N4O3S. The zero-order valence-electron chi connectivity index (χ0n) is 14.1. The molecule has 26 heavy (non-hydrogen) atoms. The highest BCUT2D eigenvalue weighted by Crippen LogP contribution is 2.24. The molecule has 1 aromatic carbocycles. The molecule has 0 atom stereocenters. The number of amides is 2. The van der Waals surface area contributed by atoms with E-state index >= 15 is 0 Å². The van der Waals surface area contributed by atoms with Gasteiger partial charge in [-0.2, -0.15) is 0 Å². The Morgan fingerprint density at radius 1 is 1.27 bits per heavy atom. The first kappa shape index (κ1) is 16.5. The summed E-state index contributed by atoms with van der Waals surface area (Å²) < 4.78 is 8.99. The Kier molecular flexibility index (Phi) is 4.26. The van der Waals surface area contributed by atoms with Gasteiger partial charge in [0.05, 0.1) is 12.0 Å². The van der Waals surface area contributed by atoms with Crippen LogP contribution in [0.5, 0.6) is 0 Å². The number of hydrogen-bond acceptors (Lipinski definition) is 6. The Balaban J connectivity index is 1.52. The van der Waals surface area contributed by atoms with Gasteiger partial charge in [0.1, 0.15) is 4.88 Å². The monoisotopic (exact) mass is 368 g/mol. The molecule has 2 aromatic heterocycles. The second-order valence-corrected chi connectivity index (χ2v) is 6.83. The Hall–Kier alpha value is -3.00. The van der Waals surface area contributed by atoms with Gasteiger partial charge in [-0.05, 0) is 60.3 Å². The van der Waals surface area contributed by atoms with Crippen LogP contribution >= 0.6 is 11.5 Å². The number of aryl methyl sites for hydroxylation is 1. The molecule has 4 rings (SSSR count). The van der Waals surface area contributed by atoms with Crippen molar-refractivity contribution >= 4 is 29.0 Å². The van der Waals surface area contributed by atoms with E-state index in [1.54, 1.807) is 24.0 Å². The third-order valence-corrected chi connectivity index (χ3v) is 5.18. The smallest absolute Gasteiger partial charge is 0.289 e. The van der Waals surface area contributed by atoms with E-state index < -0.39 is 0 Å². The molecular weight excluding hydrogens is 352 g/mol. The summed E-state index contributed by atoms with van der Waals surface area (Å²) in [5.74, 6) is -0.00990. The standard InChI is InChI=1S/C18H16N4O3S/c1-11-16(26-21-20-11)17(23)19-14-5-4-12-6-7-22(10-13(12)9-14)18(24)15-3-2-8-25-15/h2-5,8-9H,6-7,10H2,1H3,(H,19,23). The van der Waals surface area contributed by atoms with E-state index in [-0.39, 0.29) is 11.8 Å². The molecule has 0 fully saturated rings. The molecule has 0 unspecified atom stereocenters. The van der Waals surface area contributed by atoms with Crippen molar-refractivity contribution in [3.8, 4) is 0 Å². The van der Waals surface area contributed by atoms with E-state index in [4.69, 9.17) is 4.42 Å². The van der Waals surface area contributed by atoms with Crippen LogP contribution in [0.1, 0.15) is 37.0 Å². The molecule has 0 radical (unpaired) electrons. The quantitative estimate of drug-likeness (QED) is 0.768. The second kappa shape index (κ2) is 6.72. The van der Waals surface area contributed by atoms with Gasteiger partial charge in [-0.15, -0.1) is 5.10 Å². The number of aromatic nitrogens is 2. The maximum atomic E-state index is 12.5. The lowest BCUT2D eigenvalue weighted by atomic mass is 9.99. The van der Waals surface area contributed by atoms with E-state index in [2.05, 4.69) is 14.9 Å². The summed E-state index contributed by atoms with van der Waals surface area (Å²) in [5, 5.41) is 6.73. The van der Waals surface area contributed by atoms with E-state index in [0.29, 0.717) is 35.1 Å². The molecule has 0 spiro atoms. The first-order chi connectivity index (χ1) is 12.6. The summed E-state index contributed by atoms with van der Waals surface area (Å²) in [6.45, 7) is 2.88. The van der Waals surface area contributed by atoms with Gasteiger partial charge < -0.3 is 14.6 Å². The van der Waals surface area contributed by atoms with Crippen molar-refractivity contribution in [1.82, 2.24) is 14.5 Å². The van der Waals surface area contributed by atoms with Gasteiger partial charge >= 0.3 is 0 Å². The van der Waals surface area contributed by atoms with E-state index in [1.807, 2.05) is 18.2 Å². The maximum absolute atomic E-state index is 12.5. The van der Waals surface area contributed by atoms with Crippen molar-refractivity contribution in [2.24, 2.45) is 0 Å². The van der Waals surface area contributed by atoms with Crippen molar-refractivity contribution in [2.45, 2.75) is 19.9 Å². The minimum Gasteiger partial charge on any atom is -0.459 e. The first-order valence-electron chi connectivity index (χ1n) is 8.16. The van der Waals surface area contributed by atoms with Crippen molar-refractivity contribution in [1.29, 1.82) is 0 Å². The van der Waals surface area contributed by atoms with E-state index in [1.165, 1.54) is 11.8 Å². The lowest BCUT2D eigenvalue weighted by molar-refractivity contribution is 0.0702. The zero-order valence-corrected chi connectivity index (χ0v) is 14.9. The lowest BCUT2D eigenvalue weighted by Gasteiger charge is -2.28. The molecule has 0 saturated heterocycles. The third kappa shape index (κ3) is 3.11. The molecule has 7 nitrogen and oxygen atoms in total. The number of furan rings is 1. The number of nitrogens with one attached hydrogen (secondary N) is 1. The largest absolute Gasteiger partial charge is 0.459 e. The third-order valence-electron chi connectivity index (χ3n) is 4.35. The molecule has 0 bridgehead atoms. The number of carbonyl (C=O) groups is 2. The summed E-state index contributed by atoms with van der Waals surface area (Å²) in [4.78, 5) is 27.1. The highest BCUT2D eigenvalue weighted by atomic mass is 32.1. The fraction of sp³-hybridized carbons (Fsp3) is 0.222. The van der Waals surface area contributed by atoms with Crippen LogP contribution < -0.4 is 5.32 Å².